The van der Waals surface area contributed by atoms with Crippen molar-refractivity contribution in [2.24, 2.45) is 5.92 Å². The number of fused-ring (bicyclic) bond motifs is 1. The molecule has 1 atom stereocenters. The third-order valence-electron chi connectivity index (χ3n) is 4.44. The van der Waals surface area contributed by atoms with Gasteiger partial charge in [-0.05, 0) is 37.3 Å². The highest BCUT2D eigenvalue weighted by molar-refractivity contribution is 5.69. The van der Waals surface area contributed by atoms with Gasteiger partial charge >= 0.3 is 0 Å². The van der Waals surface area contributed by atoms with E-state index in [1.807, 2.05) is 23.8 Å². The summed E-state index contributed by atoms with van der Waals surface area (Å²) in [6.45, 7) is 4.18. The van der Waals surface area contributed by atoms with Gasteiger partial charge in [0.05, 0.1) is 5.69 Å². The minimum Gasteiger partial charge on any atom is -0.355 e. The fourth-order valence-electron chi connectivity index (χ4n) is 3.41. The Kier molecular flexibility index (Phi) is 3.29. The largest absolute Gasteiger partial charge is 0.355 e. The van der Waals surface area contributed by atoms with Gasteiger partial charge < -0.3 is 4.90 Å². The van der Waals surface area contributed by atoms with Crippen molar-refractivity contribution in [3.8, 4) is 0 Å². The Balaban J connectivity index is 1.54. The zero-order valence-electron chi connectivity index (χ0n) is 12.8. The van der Waals surface area contributed by atoms with Crippen molar-refractivity contribution < 1.29 is 0 Å². The van der Waals surface area contributed by atoms with Gasteiger partial charge in [-0.25, -0.2) is 9.50 Å². The van der Waals surface area contributed by atoms with E-state index in [1.54, 1.807) is 0 Å². The molecular formula is C18H20N4. The van der Waals surface area contributed by atoms with Crippen LogP contribution in [0.2, 0.25) is 0 Å². The summed E-state index contributed by atoms with van der Waals surface area (Å²) in [7, 11) is 0. The molecule has 0 bridgehead atoms. The molecule has 0 radical (unpaired) electrons. The summed E-state index contributed by atoms with van der Waals surface area (Å²) in [5.74, 6) is 1.77. The van der Waals surface area contributed by atoms with E-state index < -0.39 is 0 Å². The van der Waals surface area contributed by atoms with E-state index in [0.717, 1.165) is 36.5 Å². The zero-order chi connectivity index (χ0) is 14.9. The predicted molar refractivity (Wildman–Crippen MR) is 88.2 cm³/mol. The Bertz CT molecular complexity index is 778. The Morgan fingerprint density at radius 2 is 2.09 bits per heavy atom. The maximum Gasteiger partial charge on any atom is 0.154 e. The second kappa shape index (κ2) is 5.44. The molecule has 1 fully saturated rings. The number of hydrogen-bond donors (Lipinski definition) is 0. The molecule has 1 aliphatic rings. The van der Waals surface area contributed by atoms with Crippen molar-refractivity contribution in [1.82, 2.24) is 14.6 Å². The maximum atomic E-state index is 4.61. The highest BCUT2D eigenvalue weighted by Gasteiger charge is 2.25. The molecular weight excluding hydrogens is 272 g/mol. The average Bonchev–Trinajstić information content (AvgIpc) is 3.13. The molecule has 3 heterocycles. The second-order valence-electron chi connectivity index (χ2n) is 6.16. The van der Waals surface area contributed by atoms with Gasteiger partial charge in [0.25, 0.3) is 0 Å². The molecule has 0 N–H and O–H groups in total. The molecule has 4 heteroatoms. The van der Waals surface area contributed by atoms with Crippen molar-refractivity contribution in [3.63, 3.8) is 0 Å². The Labute approximate surface area is 130 Å². The number of aromatic nitrogens is 3. The zero-order valence-corrected chi connectivity index (χ0v) is 12.8. The number of anilines is 1. The molecule has 0 spiro atoms. The summed E-state index contributed by atoms with van der Waals surface area (Å²) in [4.78, 5) is 7.02. The molecule has 1 saturated heterocycles. The lowest BCUT2D eigenvalue weighted by atomic mass is 9.99. The smallest absolute Gasteiger partial charge is 0.154 e. The van der Waals surface area contributed by atoms with Crippen LogP contribution < -0.4 is 4.90 Å². The first-order valence-electron chi connectivity index (χ1n) is 7.89. The number of aryl methyl sites for hydroxylation is 1. The summed E-state index contributed by atoms with van der Waals surface area (Å²) < 4.78 is 1.93. The molecule has 3 aromatic rings. The Morgan fingerprint density at radius 1 is 1.23 bits per heavy atom. The van der Waals surface area contributed by atoms with Crippen LogP contribution in [0.25, 0.3) is 5.52 Å². The first kappa shape index (κ1) is 13.3. The summed E-state index contributed by atoms with van der Waals surface area (Å²) in [5, 5.41) is 4.48. The van der Waals surface area contributed by atoms with E-state index in [4.69, 9.17) is 0 Å². The van der Waals surface area contributed by atoms with Crippen LogP contribution in [0.15, 0.2) is 48.8 Å². The third-order valence-corrected chi connectivity index (χ3v) is 4.44. The van der Waals surface area contributed by atoms with Gasteiger partial charge in [0.1, 0.15) is 5.52 Å². The van der Waals surface area contributed by atoms with Crippen molar-refractivity contribution in [2.75, 3.05) is 18.0 Å². The molecule has 22 heavy (non-hydrogen) atoms. The minimum atomic E-state index is 0.702. The summed E-state index contributed by atoms with van der Waals surface area (Å²) in [6.07, 6.45) is 6.14. The molecule has 1 aliphatic heterocycles. The lowest BCUT2D eigenvalue weighted by Crippen LogP contribution is -2.22. The Morgan fingerprint density at radius 3 is 2.95 bits per heavy atom. The molecule has 2 aromatic heterocycles. The first-order valence-corrected chi connectivity index (χ1v) is 7.89. The van der Waals surface area contributed by atoms with Crippen LogP contribution in [0.3, 0.4) is 0 Å². The van der Waals surface area contributed by atoms with Crippen LogP contribution in [0.1, 0.15) is 17.7 Å². The van der Waals surface area contributed by atoms with Gasteiger partial charge in [-0.1, -0.05) is 30.3 Å². The van der Waals surface area contributed by atoms with Crippen LogP contribution >= 0.6 is 0 Å². The summed E-state index contributed by atoms with van der Waals surface area (Å²) in [5.41, 5.74) is 3.58. The van der Waals surface area contributed by atoms with Crippen LogP contribution in [0, 0.1) is 12.8 Å². The molecule has 0 saturated carbocycles. The quantitative estimate of drug-likeness (QED) is 0.744. The average molecular weight is 292 g/mol. The van der Waals surface area contributed by atoms with Gasteiger partial charge in [-0.2, -0.15) is 5.10 Å². The van der Waals surface area contributed by atoms with E-state index in [-0.39, 0.29) is 0 Å². The van der Waals surface area contributed by atoms with E-state index in [2.05, 4.69) is 51.4 Å². The van der Waals surface area contributed by atoms with Crippen molar-refractivity contribution in [1.29, 1.82) is 0 Å². The van der Waals surface area contributed by atoms with Gasteiger partial charge in [0.2, 0.25) is 0 Å². The molecule has 112 valence electrons. The van der Waals surface area contributed by atoms with E-state index >= 15 is 0 Å². The van der Waals surface area contributed by atoms with Crippen molar-refractivity contribution in [2.45, 2.75) is 19.8 Å². The molecule has 0 aliphatic carbocycles. The second-order valence-corrected chi connectivity index (χ2v) is 6.16. The van der Waals surface area contributed by atoms with Gasteiger partial charge in [-0.3, -0.25) is 0 Å². The maximum absolute atomic E-state index is 4.61. The normalized spacial score (nSPS) is 18.2. The number of nitrogens with zero attached hydrogens (tertiary/aromatic N) is 4. The lowest BCUT2D eigenvalue weighted by molar-refractivity contribution is 0.586. The first-order chi connectivity index (χ1) is 10.8. The highest BCUT2D eigenvalue weighted by atomic mass is 15.3. The Hall–Kier alpha value is -2.36. The van der Waals surface area contributed by atoms with Crippen LogP contribution in [-0.2, 0) is 6.42 Å². The number of rotatable bonds is 3. The molecule has 1 aromatic carbocycles. The van der Waals surface area contributed by atoms with Gasteiger partial charge in [0, 0.05) is 25.5 Å². The third kappa shape index (κ3) is 2.45. The van der Waals surface area contributed by atoms with Crippen molar-refractivity contribution >= 4 is 11.3 Å². The van der Waals surface area contributed by atoms with Crippen LogP contribution in [-0.4, -0.2) is 27.7 Å². The number of hydrogen-bond acceptors (Lipinski definition) is 3. The van der Waals surface area contributed by atoms with Gasteiger partial charge in [0.15, 0.2) is 5.82 Å². The van der Waals surface area contributed by atoms with E-state index in [0.29, 0.717) is 5.92 Å². The van der Waals surface area contributed by atoms with E-state index in [9.17, 15) is 0 Å². The molecule has 0 amide bonds. The molecule has 4 rings (SSSR count). The van der Waals surface area contributed by atoms with Crippen LogP contribution in [0.5, 0.6) is 0 Å². The highest BCUT2D eigenvalue weighted by Crippen LogP contribution is 2.27. The van der Waals surface area contributed by atoms with E-state index in [1.165, 1.54) is 12.0 Å². The number of benzene rings is 1. The van der Waals surface area contributed by atoms with Crippen LogP contribution in [0.4, 0.5) is 5.82 Å². The fourth-order valence-corrected chi connectivity index (χ4v) is 3.41. The summed E-state index contributed by atoms with van der Waals surface area (Å²) >= 11 is 0. The lowest BCUT2D eigenvalue weighted by Gasteiger charge is -2.18. The SMILES string of the molecule is Cc1cc2c(N3CCC(Cc4ccccc4)C3)nccn2n1. The molecule has 1 unspecified atom stereocenters. The minimum absolute atomic E-state index is 0.702. The monoisotopic (exact) mass is 292 g/mol. The predicted octanol–water partition coefficient (Wildman–Crippen LogP) is 3.11. The fraction of sp³-hybridized carbons (Fsp3) is 0.333. The van der Waals surface area contributed by atoms with Gasteiger partial charge in [-0.15, -0.1) is 0 Å². The van der Waals surface area contributed by atoms with Crippen molar-refractivity contribution in [3.05, 3.63) is 60.0 Å². The summed E-state index contributed by atoms with van der Waals surface area (Å²) in [6, 6.07) is 12.9. The standard InChI is InChI=1S/C18H20N4/c1-14-11-17-18(19-8-10-22(17)20-14)21-9-7-16(13-21)12-15-5-3-2-4-6-15/h2-6,8,10-11,16H,7,9,12-13H2,1H3. The topological polar surface area (TPSA) is 33.4 Å². The molecule has 4 nitrogen and oxygen atoms in total.